The van der Waals surface area contributed by atoms with Gasteiger partial charge in [-0.1, -0.05) is 11.6 Å². The highest BCUT2D eigenvalue weighted by Crippen LogP contribution is 2.22. The van der Waals surface area contributed by atoms with Crippen molar-refractivity contribution in [1.82, 2.24) is 9.71 Å². The van der Waals surface area contributed by atoms with E-state index in [9.17, 15) is 8.42 Å². The third-order valence-corrected chi connectivity index (χ3v) is 4.61. The summed E-state index contributed by atoms with van der Waals surface area (Å²) in [7, 11) is -2.37. The summed E-state index contributed by atoms with van der Waals surface area (Å²) in [6.07, 6.45) is 1.65. The molecule has 1 unspecified atom stereocenters. The number of nitrogens with zero attached hydrogens (tertiary/aromatic N) is 1. The number of methoxy groups -OCH3 is 1. The van der Waals surface area contributed by atoms with Gasteiger partial charge in [0.05, 0.1) is 6.61 Å². The van der Waals surface area contributed by atoms with Gasteiger partial charge in [-0.2, -0.15) is 0 Å². The van der Waals surface area contributed by atoms with E-state index in [0.29, 0.717) is 4.47 Å². The van der Waals surface area contributed by atoms with Gasteiger partial charge in [-0.15, -0.1) is 0 Å². The maximum absolute atomic E-state index is 12.2. The molecule has 19 heavy (non-hydrogen) atoms. The molecule has 0 bridgehead atoms. The summed E-state index contributed by atoms with van der Waals surface area (Å²) in [5.74, 6) is 0. The third kappa shape index (κ3) is 4.97. The minimum atomic E-state index is -3.82. The van der Waals surface area contributed by atoms with Gasteiger partial charge in [-0.3, -0.25) is 0 Å². The van der Waals surface area contributed by atoms with E-state index in [1.165, 1.54) is 19.4 Å². The van der Waals surface area contributed by atoms with Crippen LogP contribution in [0.25, 0.3) is 0 Å². The van der Waals surface area contributed by atoms with Gasteiger partial charge < -0.3 is 9.84 Å². The van der Waals surface area contributed by atoms with E-state index in [1.807, 2.05) is 0 Å². The second-order valence-corrected chi connectivity index (χ2v) is 6.68. The van der Waals surface area contributed by atoms with Crippen LogP contribution in [0.1, 0.15) is 6.42 Å². The van der Waals surface area contributed by atoms with Crippen molar-refractivity contribution in [3.05, 3.63) is 21.9 Å². The quantitative estimate of drug-likeness (QED) is 0.701. The molecule has 0 radical (unpaired) electrons. The molecule has 0 aromatic carbocycles. The van der Waals surface area contributed by atoms with Gasteiger partial charge in [0.15, 0.2) is 0 Å². The molecule has 0 aliphatic rings. The second-order valence-electron chi connectivity index (χ2n) is 3.73. The summed E-state index contributed by atoms with van der Waals surface area (Å²) in [4.78, 5) is 3.64. The first kappa shape index (κ1) is 16.8. The zero-order chi connectivity index (χ0) is 14.5. The highest BCUT2D eigenvalue weighted by Gasteiger charge is 2.23. The molecule has 0 saturated heterocycles. The molecule has 1 heterocycles. The Morgan fingerprint density at radius 3 is 2.89 bits per heavy atom. The normalized spacial score (nSPS) is 13.5. The standard InChI is InChI=1S/C10H14BrClN2O4S/c1-18-6-8(2-3-15)14-19(16,17)9-4-7(11)5-13-10(9)12/h4-5,8,14-15H,2-3,6H2,1H3. The fourth-order valence-corrected chi connectivity index (χ4v) is 3.61. The highest BCUT2D eigenvalue weighted by atomic mass is 79.9. The van der Waals surface area contributed by atoms with Crippen LogP contribution in [0.3, 0.4) is 0 Å². The molecule has 0 aliphatic heterocycles. The van der Waals surface area contributed by atoms with Crippen LogP contribution in [0.4, 0.5) is 0 Å². The van der Waals surface area contributed by atoms with Crippen LogP contribution in [0.2, 0.25) is 5.15 Å². The number of aliphatic hydroxyl groups excluding tert-OH is 1. The Labute approximate surface area is 125 Å². The van der Waals surface area contributed by atoms with Crippen molar-refractivity contribution in [2.75, 3.05) is 20.3 Å². The van der Waals surface area contributed by atoms with Crippen LogP contribution < -0.4 is 4.72 Å². The van der Waals surface area contributed by atoms with Crippen LogP contribution in [0.15, 0.2) is 21.6 Å². The first-order chi connectivity index (χ1) is 8.90. The Morgan fingerprint density at radius 2 is 2.32 bits per heavy atom. The van der Waals surface area contributed by atoms with Gasteiger partial charge in [-0.25, -0.2) is 18.1 Å². The first-order valence-electron chi connectivity index (χ1n) is 5.34. The molecule has 2 N–H and O–H groups in total. The predicted octanol–water partition coefficient (Wildman–Crippen LogP) is 1.17. The van der Waals surface area contributed by atoms with Gasteiger partial charge in [-0.05, 0) is 28.4 Å². The Hall–Kier alpha value is -0.250. The topological polar surface area (TPSA) is 88.5 Å². The molecule has 9 heteroatoms. The van der Waals surface area contributed by atoms with Crippen LogP contribution in [-0.4, -0.2) is 44.9 Å². The number of aliphatic hydroxyl groups is 1. The zero-order valence-electron chi connectivity index (χ0n) is 10.1. The van der Waals surface area contributed by atoms with Gasteiger partial charge in [0.1, 0.15) is 10.0 Å². The Morgan fingerprint density at radius 1 is 1.63 bits per heavy atom. The number of nitrogens with one attached hydrogen (secondary N) is 1. The van der Waals surface area contributed by atoms with E-state index >= 15 is 0 Å². The summed E-state index contributed by atoms with van der Waals surface area (Å²) < 4.78 is 32.2. The molecule has 0 aliphatic carbocycles. The van der Waals surface area contributed by atoms with E-state index in [1.54, 1.807) is 0 Å². The minimum absolute atomic E-state index is 0.115. The lowest BCUT2D eigenvalue weighted by atomic mass is 10.2. The number of rotatable bonds is 7. The molecule has 0 fully saturated rings. The molecule has 0 saturated carbocycles. The lowest BCUT2D eigenvalue weighted by Gasteiger charge is -2.17. The Bertz CT molecular complexity index is 520. The summed E-state index contributed by atoms with van der Waals surface area (Å²) in [6, 6.07) is 0.829. The van der Waals surface area contributed by atoms with Crippen molar-refractivity contribution in [2.24, 2.45) is 0 Å². The smallest absolute Gasteiger partial charge is 0.244 e. The minimum Gasteiger partial charge on any atom is -0.396 e. The second kappa shape index (κ2) is 7.51. The lowest BCUT2D eigenvalue weighted by molar-refractivity contribution is 0.158. The van der Waals surface area contributed by atoms with E-state index in [2.05, 4.69) is 25.6 Å². The van der Waals surface area contributed by atoms with E-state index in [0.717, 1.165) is 0 Å². The van der Waals surface area contributed by atoms with E-state index in [4.69, 9.17) is 21.4 Å². The molecular formula is C10H14BrClN2O4S. The molecule has 1 aromatic rings. The average Bonchev–Trinajstić information content (AvgIpc) is 2.32. The maximum atomic E-state index is 12.2. The number of halogens is 2. The van der Waals surface area contributed by atoms with Crippen molar-refractivity contribution in [3.8, 4) is 0 Å². The van der Waals surface area contributed by atoms with Crippen molar-refractivity contribution in [2.45, 2.75) is 17.4 Å². The summed E-state index contributed by atoms with van der Waals surface area (Å²) >= 11 is 8.92. The summed E-state index contributed by atoms with van der Waals surface area (Å²) in [5.41, 5.74) is 0. The first-order valence-corrected chi connectivity index (χ1v) is 7.99. The van der Waals surface area contributed by atoms with E-state index in [-0.39, 0.29) is 29.7 Å². The number of sulfonamides is 1. The number of hydrogen-bond acceptors (Lipinski definition) is 5. The Kier molecular flexibility index (Phi) is 6.64. The van der Waals surface area contributed by atoms with Crippen molar-refractivity contribution in [3.63, 3.8) is 0 Å². The lowest BCUT2D eigenvalue weighted by Crippen LogP contribution is -2.38. The van der Waals surface area contributed by atoms with Crippen LogP contribution in [0, 0.1) is 0 Å². The monoisotopic (exact) mass is 372 g/mol. The fourth-order valence-electron chi connectivity index (χ4n) is 1.41. The summed E-state index contributed by atoms with van der Waals surface area (Å²) in [6.45, 7) is -0.000145. The van der Waals surface area contributed by atoms with E-state index < -0.39 is 16.1 Å². The van der Waals surface area contributed by atoms with Gasteiger partial charge in [0.25, 0.3) is 0 Å². The van der Waals surface area contributed by atoms with Gasteiger partial charge in [0.2, 0.25) is 10.0 Å². The average molecular weight is 374 g/mol. The molecular weight excluding hydrogens is 360 g/mol. The number of pyridine rings is 1. The molecule has 1 aromatic heterocycles. The molecule has 0 spiro atoms. The van der Waals surface area contributed by atoms with Crippen molar-refractivity contribution >= 4 is 37.6 Å². The Balaban J connectivity index is 2.99. The zero-order valence-corrected chi connectivity index (χ0v) is 13.3. The maximum Gasteiger partial charge on any atom is 0.244 e. The molecule has 1 rings (SSSR count). The van der Waals surface area contributed by atoms with Crippen molar-refractivity contribution in [1.29, 1.82) is 0 Å². The largest absolute Gasteiger partial charge is 0.396 e. The number of ether oxygens (including phenoxy) is 1. The number of hydrogen-bond donors (Lipinski definition) is 2. The summed E-state index contributed by atoms with van der Waals surface area (Å²) in [5, 5.41) is 8.78. The van der Waals surface area contributed by atoms with Crippen LogP contribution in [0.5, 0.6) is 0 Å². The van der Waals surface area contributed by atoms with Crippen molar-refractivity contribution < 1.29 is 18.3 Å². The predicted molar refractivity (Wildman–Crippen MR) is 74.6 cm³/mol. The van der Waals surface area contributed by atoms with Crippen LogP contribution in [-0.2, 0) is 14.8 Å². The number of aromatic nitrogens is 1. The molecule has 1 atom stereocenters. The molecule has 0 amide bonds. The highest BCUT2D eigenvalue weighted by molar-refractivity contribution is 9.10. The van der Waals surface area contributed by atoms with Gasteiger partial charge >= 0.3 is 0 Å². The van der Waals surface area contributed by atoms with Crippen LogP contribution >= 0.6 is 27.5 Å². The molecule has 6 nitrogen and oxygen atoms in total. The van der Waals surface area contributed by atoms with Gasteiger partial charge in [0, 0.05) is 30.4 Å². The third-order valence-electron chi connectivity index (χ3n) is 2.23. The SMILES string of the molecule is COCC(CCO)NS(=O)(=O)c1cc(Br)cnc1Cl. The fraction of sp³-hybridized carbons (Fsp3) is 0.500. The molecule has 108 valence electrons.